The zero-order valence-corrected chi connectivity index (χ0v) is 18.5. The van der Waals surface area contributed by atoms with E-state index >= 15 is 0 Å². The molecule has 3 aromatic rings. The van der Waals surface area contributed by atoms with Crippen molar-refractivity contribution in [3.63, 3.8) is 0 Å². The van der Waals surface area contributed by atoms with Gasteiger partial charge in [0.25, 0.3) is 0 Å². The van der Waals surface area contributed by atoms with Gasteiger partial charge in [0.15, 0.2) is 5.13 Å². The Bertz CT molecular complexity index is 1060. The minimum absolute atomic E-state index is 0.256. The molecule has 3 heterocycles. The minimum atomic E-state index is -0.710. The van der Waals surface area contributed by atoms with E-state index in [2.05, 4.69) is 15.2 Å². The summed E-state index contributed by atoms with van der Waals surface area (Å²) < 4.78 is 5.45. The van der Waals surface area contributed by atoms with Crippen molar-refractivity contribution in [1.82, 2.24) is 9.97 Å². The Kier molecular flexibility index (Phi) is 6.36. The smallest absolute Gasteiger partial charge is 0.303 e. The van der Waals surface area contributed by atoms with Crippen LogP contribution in [-0.4, -0.2) is 41.2 Å². The Morgan fingerprint density at radius 3 is 2.84 bits per heavy atom. The maximum Gasteiger partial charge on any atom is 0.303 e. The first-order chi connectivity index (χ1) is 15.0. The van der Waals surface area contributed by atoms with Gasteiger partial charge >= 0.3 is 5.97 Å². The number of pyridine rings is 1. The SMILES string of the molecule is COc1ccc(C)cc1Nc1cccc(-c2cnc(N3CCC(CC(=O)O)CC3)s2)n1. The first-order valence-corrected chi connectivity index (χ1v) is 11.1. The summed E-state index contributed by atoms with van der Waals surface area (Å²) in [6.07, 6.45) is 3.89. The fraction of sp³-hybridized carbons (Fsp3) is 0.348. The van der Waals surface area contributed by atoms with Crippen molar-refractivity contribution in [2.75, 3.05) is 30.4 Å². The summed E-state index contributed by atoms with van der Waals surface area (Å²) in [5.74, 6) is 1.06. The minimum Gasteiger partial charge on any atom is -0.495 e. The number of aliphatic carboxylic acids is 1. The van der Waals surface area contributed by atoms with Crippen LogP contribution in [0.4, 0.5) is 16.6 Å². The number of nitrogens with one attached hydrogen (secondary N) is 1. The van der Waals surface area contributed by atoms with Gasteiger partial charge in [-0.1, -0.05) is 23.5 Å². The van der Waals surface area contributed by atoms with E-state index in [0.717, 1.165) is 64.5 Å². The quantitative estimate of drug-likeness (QED) is 0.539. The number of aromatic nitrogens is 2. The maximum atomic E-state index is 10.9. The van der Waals surface area contributed by atoms with Crippen molar-refractivity contribution in [3.05, 3.63) is 48.2 Å². The van der Waals surface area contributed by atoms with Crippen molar-refractivity contribution < 1.29 is 14.6 Å². The number of thiazole rings is 1. The van der Waals surface area contributed by atoms with Crippen LogP contribution in [0.1, 0.15) is 24.8 Å². The molecule has 0 bridgehead atoms. The van der Waals surface area contributed by atoms with Gasteiger partial charge in [0.1, 0.15) is 11.6 Å². The van der Waals surface area contributed by atoms with Crippen LogP contribution in [-0.2, 0) is 4.79 Å². The Hall–Kier alpha value is -3.13. The number of carboxylic acid groups (broad SMARTS) is 1. The molecule has 4 rings (SSSR count). The Balaban J connectivity index is 1.46. The fourth-order valence-corrected chi connectivity index (χ4v) is 4.74. The number of piperidine rings is 1. The second-order valence-corrected chi connectivity index (χ2v) is 8.78. The average molecular weight is 439 g/mol. The van der Waals surface area contributed by atoms with E-state index in [0.29, 0.717) is 0 Å². The van der Waals surface area contributed by atoms with Crippen LogP contribution in [0.25, 0.3) is 10.6 Å². The third-order valence-electron chi connectivity index (χ3n) is 5.46. The van der Waals surface area contributed by atoms with Gasteiger partial charge in [0.2, 0.25) is 0 Å². The van der Waals surface area contributed by atoms with Gasteiger partial charge in [-0.3, -0.25) is 4.79 Å². The number of methoxy groups -OCH3 is 1. The molecule has 0 saturated carbocycles. The molecule has 7 nitrogen and oxygen atoms in total. The number of nitrogens with zero attached hydrogens (tertiary/aromatic N) is 3. The van der Waals surface area contributed by atoms with Crippen molar-refractivity contribution in [3.8, 4) is 16.3 Å². The lowest BCUT2D eigenvalue weighted by Gasteiger charge is -2.30. The number of benzene rings is 1. The zero-order valence-electron chi connectivity index (χ0n) is 17.7. The topological polar surface area (TPSA) is 87.6 Å². The molecule has 0 unspecified atom stereocenters. The Morgan fingerprint density at radius 1 is 1.29 bits per heavy atom. The van der Waals surface area contributed by atoms with E-state index in [4.69, 9.17) is 14.8 Å². The van der Waals surface area contributed by atoms with Gasteiger partial charge in [-0.05, 0) is 55.5 Å². The standard InChI is InChI=1S/C23H26N4O3S/c1-15-6-7-19(30-2)18(12-15)26-21-5-3-4-17(25-21)20-14-24-23(31-20)27-10-8-16(9-11-27)13-22(28)29/h3-7,12,14,16H,8-11,13H2,1-2H3,(H,25,26)(H,28,29). The van der Waals surface area contributed by atoms with Gasteiger partial charge in [-0.25, -0.2) is 9.97 Å². The van der Waals surface area contributed by atoms with Crippen LogP contribution < -0.4 is 15.0 Å². The van der Waals surface area contributed by atoms with E-state index in [1.165, 1.54) is 0 Å². The van der Waals surface area contributed by atoms with Crippen LogP contribution in [0.5, 0.6) is 5.75 Å². The van der Waals surface area contributed by atoms with Gasteiger partial charge < -0.3 is 20.1 Å². The second kappa shape index (κ2) is 9.34. The highest BCUT2D eigenvalue weighted by Gasteiger charge is 2.23. The number of anilines is 3. The monoisotopic (exact) mass is 438 g/mol. The summed E-state index contributed by atoms with van der Waals surface area (Å²) in [5, 5.41) is 13.3. The molecule has 1 aliphatic rings. The van der Waals surface area contributed by atoms with Crippen molar-refractivity contribution in [2.24, 2.45) is 5.92 Å². The Morgan fingerprint density at radius 2 is 2.10 bits per heavy atom. The largest absolute Gasteiger partial charge is 0.495 e. The lowest BCUT2D eigenvalue weighted by atomic mass is 9.94. The van der Waals surface area contributed by atoms with E-state index < -0.39 is 5.97 Å². The molecule has 162 valence electrons. The number of hydrogen-bond donors (Lipinski definition) is 2. The predicted octanol–water partition coefficient (Wildman–Crippen LogP) is 4.96. The van der Waals surface area contributed by atoms with E-state index in [1.807, 2.05) is 49.5 Å². The molecule has 31 heavy (non-hydrogen) atoms. The second-order valence-electron chi connectivity index (χ2n) is 7.77. The molecule has 0 radical (unpaired) electrons. The van der Waals surface area contributed by atoms with Crippen LogP contribution in [0, 0.1) is 12.8 Å². The summed E-state index contributed by atoms with van der Waals surface area (Å²) in [5.41, 5.74) is 2.88. The third kappa shape index (κ3) is 5.14. The number of rotatable bonds is 7. The van der Waals surface area contributed by atoms with Crippen LogP contribution in [0.15, 0.2) is 42.6 Å². The van der Waals surface area contributed by atoms with Gasteiger partial charge in [-0.2, -0.15) is 0 Å². The van der Waals surface area contributed by atoms with Crippen LogP contribution in [0.2, 0.25) is 0 Å². The molecule has 1 aromatic carbocycles. The highest BCUT2D eigenvalue weighted by atomic mass is 32.1. The molecule has 1 fully saturated rings. The first kappa shape index (κ1) is 21.1. The molecule has 2 N–H and O–H groups in total. The summed E-state index contributed by atoms with van der Waals surface area (Å²) in [7, 11) is 1.66. The molecule has 1 aliphatic heterocycles. The number of carboxylic acids is 1. The van der Waals surface area contributed by atoms with Crippen molar-refractivity contribution in [2.45, 2.75) is 26.2 Å². The highest BCUT2D eigenvalue weighted by Crippen LogP contribution is 2.34. The fourth-order valence-electron chi connectivity index (χ4n) is 3.80. The summed E-state index contributed by atoms with van der Waals surface area (Å²) in [6.45, 7) is 3.72. The molecular formula is C23H26N4O3S. The van der Waals surface area contributed by atoms with Gasteiger partial charge in [0.05, 0.1) is 23.4 Å². The first-order valence-electron chi connectivity index (χ1n) is 10.3. The third-order valence-corrected chi connectivity index (χ3v) is 6.54. The average Bonchev–Trinajstić information content (AvgIpc) is 3.25. The van der Waals surface area contributed by atoms with E-state index in [-0.39, 0.29) is 12.3 Å². The molecule has 2 aromatic heterocycles. The molecule has 8 heteroatoms. The number of aryl methyl sites for hydroxylation is 1. The van der Waals surface area contributed by atoms with E-state index in [1.54, 1.807) is 18.4 Å². The van der Waals surface area contributed by atoms with Crippen molar-refractivity contribution in [1.29, 1.82) is 0 Å². The maximum absolute atomic E-state index is 10.9. The summed E-state index contributed by atoms with van der Waals surface area (Å²) in [4.78, 5) is 23.5. The summed E-state index contributed by atoms with van der Waals surface area (Å²) >= 11 is 1.62. The summed E-state index contributed by atoms with van der Waals surface area (Å²) in [6, 6.07) is 11.9. The van der Waals surface area contributed by atoms with E-state index in [9.17, 15) is 4.79 Å². The molecule has 0 atom stereocenters. The lowest BCUT2D eigenvalue weighted by Crippen LogP contribution is -2.34. The zero-order chi connectivity index (χ0) is 21.8. The molecular weight excluding hydrogens is 412 g/mol. The number of hydrogen-bond acceptors (Lipinski definition) is 7. The van der Waals surface area contributed by atoms with Crippen molar-refractivity contribution >= 4 is 33.9 Å². The Labute approximate surface area is 185 Å². The number of carbonyl (C=O) groups is 1. The van der Waals surface area contributed by atoms with Crippen LogP contribution in [0.3, 0.4) is 0 Å². The molecule has 1 saturated heterocycles. The number of ether oxygens (including phenoxy) is 1. The molecule has 0 aliphatic carbocycles. The predicted molar refractivity (Wildman–Crippen MR) is 124 cm³/mol. The lowest BCUT2D eigenvalue weighted by molar-refractivity contribution is -0.138. The van der Waals surface area contributed by atoms with Gasteiger partial charge in [0, 0.05) is 25.7 Å². The molecule has 0 amide bonds. The normalized spacial score (nSPS) is 14.5. The van der Waals surface area contributed by atoms with Gasteiger partial charge in [-0.15, -0.1) is 0 Å². The molecule has 0 spiro atoms. The highest BCUT2D eigenvalue weighted by molar-refractivity contribution is 7.18. The van der Waals surface area contributed by atoms with Crippen LogP contribution >= 0.6 is 11.3 Å².